The Morgan fingerprint density at radius 2 is 1.76 bits per heavy atom. The third-order valence-corrected chi connectivity index (χ3v) is 7.43. The van der Waals surface area contributed by atoms with Crippen LogP contribution in [0.1, 0.15) is 36.0 Å². The molecule has 7 nitrogen and oxygen atoms in total. The fraction of sp³-hybridized carbons (Fsp3) is 0.300. The minimum absolute atomic E-state index is 0.0378. The molecular formula is C20H21ClN4O3S. The average Bonchev–Trinajstić information content (AvgIpc) is 2.92. The fourth-order valence-electron chi connectivity index (χ4n) is 3.49. The second kappa shape index (κ2) is 8.14. The third-order valence-electron chi connectivity index (χ3n) is 5.05. The molecule has 0 unspecified atom stereocenters. The number of hydrogen-bond donors (Lipinski definition) is 1. The Balaban J connectivity index is 1.63. The van der Waals surface area contributed by atoms with Crippen molar-refractivity contribution in [1.82, 2.24) is 14.0 Å². The molecule has 4 rings (SSSR count). The first-order valence-electron chi connectivity index (χ1n) is 9.50. The van der Waals surface area contributed by atoms with E-state index in [1.165, 1.54) is 33.5 Å². The highest BCUT2D eigenvalue weighted by atomic mass is 35.5. The molecule has 1 aliphatic heterocycles. The van der Waals surface area contributed by atoms with Gasteiger partial charge in [0, 0.05) is 18.7 Å². The highest BCUT2D eigenvalue weighted by Crippen LogP contribution is 2.28. The molecular weight excluding hydrogens is 412 g/mol. The van der Waals surface area contributed by atoms with Gasteiger partial charge in [-0.25, -0.2) is 18.1 Å². The van der Waals surface area contributed by atoms with Crippen molar-refractivity contribution < 1.29 is 13.2 Å². The van der Waals surface area contributed by atoms with Crippen molar-refractivity contribution in [3.05, 3.63) is 59.4 Å². The lowest BCUT2D eigenvalue weighted by Crippen LogP contribution is -2.32. The topological polar surface area (TPSA) is 84.3 Å². The maximum absolute atomic E-state index is 13.1. The number of sulfonamides is 1. The van der Waals surface area contributed by atoms with Crippen LogP contribution in [-0.4, -0.2) is 41.4 Å². The smallest absolute Gasteiger partial charge is 0.267 e. The van der Waals surface area contributed by atoms with Gasteiger partial charge in [-0.3, -0.25) is 10.2 Å². The van der Waals surface area contributed by atoms with Gasteiger partial charge in [0.25, 0.3) is 5.91 Å². The minimum atomic E-state index is -3.77. The van der Waals surface area contributed by atoms with Gasteiger partial charge in [0.05, 0.1) is 16.1 Å². The quantitative estimate of drug-likeness (QED) is 0.682. The molecule has 1 fully saturated rings. The monoisotopic (exact) mass is 432 g/mol. The van der Waals surface area contributed by atoms with Crippen molar-refractivity contribution in [2.45, 2.75) is 30.6 Å². The van der Waals surface area contributed by atoms with E-state index in [2.05, 4.69) is 10.4 Å². The first-order chi connectivity index (χ1) is 14.0. The number of halogens is 1. The lowest BCUT2D eigenvalue weighted by atomic mass is 10.2. The summed E-state index contributed by atoms with van der Waals surface area (Å²) in [6.45, 7) is 0.937. The molecule has 9 heteroatoms. The summed E-state index contributed by atoms with van der Waals surface area (Å²) < 4.78 is 29.2. The normalized spacial score (nSPS) is 15.9. The predicted octanol–water partition coefficient (Wildman–Crippen LogP) is 3.64. The molecule has 29 heavy (non-hydrogen) atoms. The lowest BCUT2D eigenvalue weighted by molar-refractivity contribution is 0.101. The molecule has 0 saturated carbocycles. The van der Waals surface area contributed by atoms with Gasteiger partial charge in [0.15, 0.2) is 0 Å². The summed E-state index contributed by atoms with van der Waals surface area (Å²) in [4.78, 5) is 17.0. The summed E-state index contributed by atoms with van der Waals surface area (Å²) in [5.41, 5.74) is 4.43. The zero-order chi connectivity index (χ0) is 20.4. The highest BCUT2D eigenvalue weighted by molar-refractivity contribution is 7.89. The van der Waals surface area contributed by atoms with Crippen LogP contribution in [0, 0.1) is 0 Å². The predicted molar refractivity (Wildman–Crippen MR) is 112 cm³/mol. The summed E-state index contributed by atoms with van der Waals surface area (Å²) in [5.74, 6) is -0.447. The van der Waals surface area contributed by atoms with Crippen LogP contribution in [0.5, 0.6) is 0 Å². The summed E-state index contributed by atoms with van der Waals surface area (Å²) in [6.07, 6.45) is 5.19. The van der Waals surface area contributed by atoms with Gasteiger partial charge in [0.2, 0.25) is 10.0 Å². The van der Waals surface area contributed by atoms with Crippen molar-refractivity contribution in [3.8, 4) is 0 Å². The Morgan fingerprint density at radius 3 is 2.52 bits per heavy atom. The molecule has 1 aliphatic rings. The summed E-state index contributed by atoms with van der Waals surface area (Å²) >= 11 is 6.21. The van der Waals surface area contributed by atoms with Gasteiger partial charge in [-0.2, -0.15) is 4.31 Å². The average molecular weight is 433 g/mol. The van der Waals surface area contributed by atoms with Crippen molar-refractivity contribution in [1.29, 1.82) is 0 Å². The summed E-state index contributed by atoms with van der Waals surface area (Å²) in [6, 6.07) is 11.7. The van der Waals surface area contributed by atoms with Crippen LogP contribution < -0.4 is 5.43 Å². The molecule has 2 aromatic carbocycles. The largest absolute Gasteiger partial charge is 0.270 e. The van der Waals surface area contributed by atoms with Crippen LogP contribution >= 0.6 is 11.6 Å². The van der Waals surface area contributed by atoms with Crippen LogP contribution in [0.15, 0.2) is 53.7 Å². The molecule has 0 aliphatic carbocycles. The molecule has 0 bridgehead atoms. The van der Waals surface area contributed by atoms with E-state index in [4.69, 9.17) is 11.6 Å². The number of imidazole rings is 1. The number of carbonyl (C=O) groups excluding carboxylic acids is 1. The van der Waals surface area contributed by atoms with Gasteiger partial charge < -0.3 is 0 Å². The second-order valence-corrected chi connectivity index (χ2v) is 9.32. The maximum Gasteiger partial charge on any atom is 0.270 e. The Kier molecular flexibility index (Phi) is 5.58. The van der Waals surface area contributed by atoms with Crippen molar-refractivity contribution >= 4 is 38.6 Å². The van der Waals surface area contributed by atoms with Gasteiger partial charge >= 0.3 is 0 Å². The van der Waals surface area contributed by atoms with E-state index in [1.807, 2.05) is 24.3 Å². The number of aromatic nitrogens is 2. The molecule has 152 valence electrons. The number of nitrogens with one attached hydrogen (secondary N) is 1. The Hall–Kier alpha value is -2.42. The lowest BCUT2D eigenvalue weighted by Gasteiger charge is -2.21. The van der Waals surface area contributed by atoms with E-state index in [-0.39, 0.29) is 15.5 Å². The van der Waals surface area contributed by atoms with E-state index in [0.717, 1.165) is 36.7 Å². The van der Waals surface area contributed by atoms with E-state index >= 15 is 0 Å². The molecule has 0 radical (unpaired) electrons. The van der Waals surface area contributed by atoms with Gasteiger partial charge in [0.1, 0.15) is 11.2 Å². The number of fused-ring (bicyclic) bond motifs is 1. The van der Waals surface area contributed by atoms with Crippen LogP contribution in [0.3, 0.4) is 0 Å². The van der Waals surface area contributed by atoms with E-state index < -0.39 is 15.9 Å². The number of amides is 1. The molecule has 0 spiro atoms. The van der Waals surface area contributed by atoms with Crippen molar-refractivity contribution in [2.24, 2.45) is 0 Å². The van der Waals surface area contributed by atoms with Crippen LogP contribution in [0.25, 0.3) is 11.0 Å². The number of para-hydroxylation sites is 2. The zero-order valence-electron chi connectivity index (χ0n) is 15.7. The molecule has 1 N–H and O–H groups in total. The van der Waals surface area contributed by atoms with Crippen molar-refractivity contribution in [2.75, 3.05) is 18.5 Å². The second-order valence-electron chi connectivity index (χ2n) is 7.01. The Labute approximate surface area is 174 Å². The minimum Gasteiger partial charge on any atom is -0.267 e. The van der Waals surface area contributed by atoms with E-state index in [9.17, 15) is 13.2 Å². The maximum atomic E-state index is 13.1. The number of rotatable bonds is 4. The van der Waals surface area contributed by atoms with Gasteiger partial charge in [-0.05, 0) is 43.2 Å². The number of hydrogen-bond acceptors (Lipinski definition) is 4. The zero-order valence-corrected chi connectivity index (χ0v) is 17.3. The van der Waals surface area contributed by atoms with Crippen molar-refractivity contribution in [3.63, 3.8) is 0 Å². The number of benzene rings is 2. The van der Waals surface area contributed by atoms with E-state index in [0.29, 0.717) is 13.1 Å². The molecule has 3 aromatic rings. The van der Waals surface area contributed by atoms with E-state index in [1.54, 1.807) is 0 Å². The molecule has 2 heterocycles. The van der Waals surface area contributed by atoms with Gasteiger partial charge in [-0.15, -0.1) is 0 Å². The highest BCUT2D eigenvalue weighted by Gasteiger charge is 2.28. The third kappa shape index (κ3) is 4.01. The first kappa shape index (κ1) is 19.9. The summed E-state index contributed by atoms with van der Waals surface area (Å²) in [5, 5.41) is 0.110. The molecule has 1 amide bonds. The van der Waals surface area contributed by atoms with Crippen LogP contribution in [0.4, 0.5) is 0 Å². The van der Waals surface area contributed by atoms with Crippen LogP contribution in [0.2, 0.25) is 5.02 Å². The van der Waals surface area contributed by atoms with Crippen LogP contribution in [-0.2, 0) is 10.0 Å². The SMILES string of the molecule is O=C(Nn1cnc2ccccc21)c1ccc(Cl)c(S(=O)(=O)N2CCCCCC2)c1. The number of carbonyl (C=O) groups is 1. The molecule has 1 aromatic heterocycles. The molecule has 0 atom stereocenters. The first-order valence-corrected chi connectivity index (χ1v) is 11.3. The Morgan fingerprint density at radius 1 is 1.03 bits per heavy atom. The fourth-order valence-corrected chi connectivity index (χ4v) is 5.50. The number of nitrogens with zero attached hydrogens (tertiary/aromatic N) is 3. The Bertz CT molecular complexity index is 1150. The summed E-state index contributed by atoms with van der Waals surface area (Å²) in [7, 11) is -3.77. The standard InChI is InChI=1S/C20H21ClN4O3S/c21-16-10-9-15(13-19(16)29(27,28)24-11-5-1-2-6-12-24)20(26)23-25-14-22-17-7-3-4-8-18(17)25/h3-4,7-10,13-14H,1-2,5-6,11-12H2,(H,23,26). The molecule has 1 saturated heterocycles. The van der Waals surface area contributed by atoms with Gasteiger partial charge in [-0.1, -0.05) is 36.6 Å².